The van der Waals surface area contributed by atoms with Crippen molar-refractivity contribution in [2.24, 2.45) is 0 Å². The molecule has 1 atom stereocenters. The summed E-state index contributed by atoms with van der Waals surface area (Å²) in [5.41, 5.74) is -2.73. The van der Waals surface area contributed by atoms with Gasteiger partial charge in [0.2, 0.25) is 0 Å². The van der Waals surface area contributed by atoms with Crippen molar-refractivity contribution in [2.45, 2.75) is 24.6 Å². The number of hydrogen-bond acceptors (Lipinski definition) is 8. The molecule has 3 rings (SSSR count). The van der Waals surface area contributed by atoms with Crippen LogP contribution in [0.3, 0.4) is 0 Å². The van der Waals surface area contributed by atoms with Gasteiger partial charge in [-0.05, 0) is 7.05 Å². The minimum atomic E-state index is -1.28. The molecule has 0 aromatic heterocycles. The fourth-order valence-corrected chi connectivity index (χ4v) is 3.59. The molecule has 2 fully saturated rings. The summed E-state index contributed by atoms with van der Waals surface area (Å²) in [7, 11) is 1.88. The quantitative estimate of drug-likeness (QED) is 0.577. The highest BCUT2D eigenvalue weighted by Crippen LogP contribution is 2.38. The molecular formula is C16H18N4O8. The number of carboxylic acids is 1. The molecule has 1 N–H and O–H groups in total. The van der Waals surface area contributed by atoms with E-state index in [2.05, 4.69) is 0 Å². The van der Waals surface area contributed by atoms with Crippen molar-refractivity contribution >= 4 is 23.3 Å². The van der Waals surface area contributed by atoms with Crippen LogP contribution in [0.1, 0.15) is 23.2 Å². The van der Waals surface area contributed by atoms with Gasteiger partial charge in [0.1, 0.15) is 5.72 Å². The van der Waals surface area contributed by atoms with Crippen LogP contribution in [0.2, 0.25) is 0 Å². The van der Waals surface area contributed by atoms with Gasteiger partial charge in [-0.1, -0.05) is 0 Å². The molecule has 0 unspecified atom stereocenters. The Morgan fingerprint density at radius 1 is 1.14 bits per heavy atom. The third kappa shape index (κ3) is 3.39. The Labute approximate surface area is 158 Å². The van der Waals surface area contributed by atoms with Crippen molar-refractivity contribution in [3.8, 4) is 0 Å². The van der Waals surface area contributed by atoms with E-state index in [1.807, 2.05) is 11.9 Å². The summed E-state index contributed by atoms with van der Waals surface area (Å²) in [4.78, 5) is 48.5. The number of rotatable bonds is 4. The SMILES string of the molecule is CN1CCC2(CC1)OC[C@H](C(=O)O)N2C(=O)c1cc([N+](=O)[O-])cc([N+](=O)[O-])c1. The molecule has 0 radical (unpaired) electrons. The third-order valence-electron chi connectivity index (χ3n) is 5.10. The van der Waals surface area contributed by atoms with Crippen molar-refractivity contribution in [2.75, 3.05) is 26.7 Å². The largest absolute Gasteiger partial charge is 0.480 e. The van der Waals surface area contributed by atoms with Crippen LogP contribution in [0.15, 0.2) is 18.2 Å². The fourth-order valence-electron chi connectivity index (χ4n) is 3.59. The van der Waals surface area contributed by atoms with E-state index in [-0.39, 0.29) is 12.2 Å². The number of carbonyl (C=O) groups is 2. The molecule has 0 saturated carbocycles. The molecule has 2 aliphatic rings. The normalized spacial score (nSPS) is 21.6. The first-order valence-electron chi connectivity index (χ1n) is 8.47. The van der Waals surface area contributed by atoms with Crippen LogP contribution in [-0.2, 0) is 9.53 Å². The number of amides is 1. The summed E-state index contributed by atoms with van der Waals surface area (Å²) in [6.45, 7) is 0.901. The molecule has 0 aliphatic carbocycles. The van der Waals surface area contributed by atoms with Crippen molar-refractivity contribution < 1.29 is 29.3 Å². The predicted octanol–water partition coefficient (Wildman–Crippen LogP) is 0.851. The number of likely N-dealkylation sites (tertiary alicyclic amines) is 1. The highest BCUT2D eigenvalue weighted by Gasteiger charge is 2.54. The first-order valence-corrected chi connectivity index (χ1v) is 8.47. The molecule has 2 aliphatic heterocycles. The second-order valence-electron chi connectivity index (χ2n) is 6.84. The van der Waals surface area contributed by atoms with E-state index in [0.29, 0.717) is 25.9 Å². The molecule has 12 heteroatoms. The van der Waals surface area contributed by atoms with E-state index in [0.717, 1.165) is 23.1 Å². The molecular weight excluding hydrogens is 376 g/mol. The first kappa shape index (κ1) is 19.6. The molecule has 2 saturated heterocycles. The van der Waals surface area contributed by atoms with Crippen LogP contribution in [0.5, 0.6) is 0 Å². The summed E-state index contributed by atoms with van der Waals surface area (Å²) < 4.78 is 5.74. The fraction of sp³-hybridized carbons (Fsp3) is 0.500. The standard InChI is InChI=1S/C16H18N4O8/c1-17-4-2-16(3-5-17)18(13(9-28-16)15(22)23)14(21)10-6-11(19(24)25)8-12(7-10)20(26)27/h6-8,13H,2-5,9H2,1H3,(H,22,23)/t13-/m1/s1. The molecule has 28 heavy (non-hydrogen) atoms. The number of nitro benzene ring substituents is 2. The van der Waals surface area contributed by atoms with Gasteiger partial charge in [-0.3, -0.25) is 29.9 Å². The number of non-ortho nitro benzene ring substituents is 2. The van der Waals surface area contributed by atoms with Gasteiger partial charge < -0.3 is 14.7 Å². The van der Waals surface area contributed by atoms with Gasteiger partial charge in [0.15, 0.2) is 6.04 Å². The Morgan fingerprint density at radius 3 is 2.14 bits per heavy atom. The number of nitro groups is 2. The van der Waals surface area contributed by atoms with Crippen LogP contribution in [0.25, 0.3) is 0 Å². The number of ether oxygens (including phenoxy) is 1. The van der Waals surface area contributed by atoms with Crippen LogP contribution >= 0.6 is 0 Å². The number of nitrogens with zero attached hydrogens (tertiary/aromatic N) is 4. The lowest BCUT2D eigenvalue weighted by molar-refractivity contribution is -0.394. The average molecular weight is 394 g/mol. The number of benzene rings is 1. The van der Waals surface area contributed by atoms with Gasteiger partial charge in [0.25, 0.3) is 17.3 Å². The van der Waals surface area contributed by atoms with Gasteiger partial charge in [0, 0.05) is 38.1 Å². The zero-order valence-corrected chi connectivity index (χ0v) is 14.9. The average Bonchev–Trinajstić information content (AvgIpc) is 3.02. The Bertz CT molecular complexity index is 817. The summed E-state index contributed by atoms with van der Waals surface area (Å²) in [6.07, 6.45) is 0.714. The number of piperidine rings is 1. The molecule has 1 aromatic carbocycles. The van der Waals surface area contributed by atoms with E-state index >= 15 is 0 Å². The highest BCUT2D eigenvalue weighted by atomic mass is 16.6. The number of hydrogen-bond donors (Lipinski definition) is 1. The topological polar surface area (TPSA) is 156 Å². The lowest BCUT2D eigenvalue weighted by atomic mass is 9.97. The molecule has 2 heterocycles. The monoisotopic (exact) mass is 394 g/mol. The van der Waals surface area contributed by atoms with Gasteiger partial charge in [-0.2, -0.15) is 0 Å². The lowest BCUT2D eigenvalue weighted by Crippen LogP contribution is -2.57. The number of carbonyl (C=O) groups excluding carboxylic acids is 1. The smallest absolute Gasteiger partial charge is 0.328 e. The number of carboxylic acid groups (broad SMARTS) is 1. The Morgan fingerprint density at radius 2 is 1.68 bits per heavy atom. The maximum Gasteiger partial charge on any atom is 0.328 e. The van der Waals surface area contributed by atoms with E-state index in [4.69, 9.17) is 4.74 Å². The number of aliphatic carboxylic acids is 1. The molecule has 150 valence electrons. The summed E-state index contributed by atoms with van der Waals surface area (Å²) in [6, 6.07) is 1.29. The second-order valence-corrected chi connectivity index (χ2v) is 6.84. The maximum absolute atomic E-state index is 13.2. The van der Waals surface area contributed by atoms with Gasteiger partial charge >= 0.3 is 5.97 Å². The van der Waals surface area contributed by atoms with Crippen LogP contribution in [0.4, 0.5) is 11.4 Å². The summed E-state index contributed by atoms with van der Waals surface area (Å²) in [5, 5.41) is 31.7. The van der Waals surface area contributed by atoms with Crippen molar-refractivity contribution in [3.05, 3.63) is 44.0 Å². The lowest BCUT2D eigenvalue weighted by Gasteiger charge is -2.43. The van der Waals surface area contributed by atoms with Crippen LogP contribution < -0.4 is 0 Å². The van der Waals surface area contributed by atoms with Crippen molar-refractivity contribution in [3.63, 3.8) is 0 Å². The Balaban J connectivity index is 2.05. The molecule has 1 amide bonds. The zero-order valence-electron chi connectivity index (χ0n) is 14.9. The van der Waals surface area contributed by atoms with E-state index < -0.39 is 44.9 Å². The van der Waals surface area contributed by atoms with Gasteiger partial charge in [-0.15, -0.1) is 0 Å². The van der Waals surface area contributed by atoms with E-state index in [1.54, 1.807) is 0 Å². The zero-order chi connectivity index (χ0) is 20.6. The second kappa shape index (κ2) is 7.13. The molecule has 12 nitrogen and oxygen atoms in total. The molecule has 1 spiro atoms. The minimum Gasteiger partial charge on any atom is -0.480 e. The maximum atomic E-state index is 13.2. The van der Waals surface area contributed by atoms with E-state index in [1.165, 1.54) is 0 Å². The van der Waals surface area contributed by atoms with Crippen LogP contribution in [-0.4, -0.2) is 75.1 Å². The van der Waals surface area contributed by atoms with Crippen molar-refractivity contribution in [1.29, 1.82) is 0 Å². The van der Waals surface area contributed by atoms with Gasteiger partial charge in [0.05, 0.1) is 28.1 Å². The summed E-state index contributed by atoms with van der Waals surface area (Å²) in [5.74, 6) is -2.12. The predicted molar refractivity (Wildman–Crippen MR) is 92.8 cm³/mol. The van der Waals surface area contributed by atoms with Crippen molar-refractivity contribution in [1.82, 2.24) is 9.80 Å². The minimum absolute atomic E-state index is 0.220. The van der Waals surface area contributed by atoms with Crippen LogP contribution in [0, 0.1) is 20.2 Å². The summed E-state index contributed by atoms with van der Waals surface area (Å²) >= 11 is 0. The molecule has 1 aromatic rings. The van der Waals surface area contributed by atoms with Gasteiger partial charge in [-0.25, -0.2) is 4.79 Å². The Hall–Kier alpha value is -3.12. The van der Waals surface area contributed by atoms with E-state index in [9.17, 15) is 34.9 Å². The molecule has 0 bridgehead atoms. The Kier molecular flexibility index (Phi) is 5.00. The first-order chi connectivity index (χ1) is 13.1. The third-order valence-corrected chi connectivity index (χ3v) is 5.10. The highest BCUT2D eigenvalue weighted by molar-refractivity contribution is 5.98.